The molecule has 3 aromatic rings. The van der Waals surface area contributed by atoms with Crippen molar-refractivity contribution in [3.05, 3.63) is 41.7 Å². The van der Waals surface area contributed by atoms with Crippen LogP contribution in [0.5, 0.6) is 0 Å². The molecule has 2 N–H and O–H groups in total. The minimum Gasteiger partial charge on any atom is -0.367 e. The zero-order valence-electron chi connectivity index (χ0n) is 12.4. The van der Waals surface area contributed by atoms with E-state index in [2.05, 4.69) is 36.2 Å². The number of hydrogen-bond donors (Lipinski definition) is 1. The fourth-order valence-corrected chi connectivity index (χ4v) is 2.56. The first-order chi connectivity index (χ1) is 10.1. The van der Waals surface area contributed by atoms with Crippen LogP contribution in [0.1, 0.15) is 18.2 Å². The summed E-state index contributed by atoms with van der Waals surface area (Å²) in [4.78, 5) is 0. The lowest BCUT2D eigenvalue weighted by atomic mass is 9.99. The monoisotopic (exact) mass is 282 g/mol. The maximum atomic E-state index is 6.00. The van der Waals surface area contributed by atoms with Crippen LogP contribution in [0.2, 0.25) is 0 Å². The average molecular weight is 282 g/mol. The molecule has 0 bridgehead atoms. The summed E-state index contributed by atoms with van der Waals surface area (Å²) < 4.78 is 7.03. The number of benzene rings is 1. The molecular formula is C16H18N4O. The van der Waals surface area contributed by atoms with Gasteiger partial charge in [-0.3, -0.25) is 4.68 Å². The van der Waals surface area contributed by atoms with E-state index in [1.807, 2.05) is 25.4 Å². The van der Waals surface area contributed by atoms with Crippen LogP contribution in [-0.2, 0) is 13.5 Å². The van der Waals surface area contributed by atoms with E-state index in [-0.39, 0.29) is 0 Å². The van der Waals surface area contributed by atoms with E-state index in [0.717, 1.165) is 34.5 Å². The summed E-state index contributed by atoms with van der Waals surface area (Å²) in [5, 5.41) is 8.62. The molecule has 108 valence electrons. The van der Waals surface area contributed by atoms with Crippen molar-refractivity contribution in [3.8, 4) is 22.4 Å². The van der Waals surface area contributed by atoms with Crippen molar-refractivity contribution in [2.24, 2.45) is 7.05 Å². The smallest absolute Gasteiger partial charge is 0.230 e. The van der Waals surface area contributed by atoms with Crippen molar-refractivity contribution in [1.82, 2.24) is 14.9 Å². The number of hydrogen-bond acceptors (Lipinski definition) is 4. The Hall–Kier alpha value is -2.56. The van der Waals surface area contributed by atoms with Crippen molar-refractivity contribution < 1.29 is 4.52 Å². The van der Waals surface area contributed by atoms with Crippen molar-refractivity contribution in [2.75, 3.05) is 5.73 Å². The van der Waals surface area contributed by atoms with Gasteiger partial charge in [-0.05, 0) is 18.9 Å². The molecule has 0 aliphatic carbocycles. The van der Waals surface area contributed by atoms with Gasteiger partial charge in [0.05, 0.1) is 11.3 Å². The Morgan fingerprint density at radius 1 is 1.33 bits per heavy atom. The van der Waals surface area contributed by atoms with Crippen LogP contribution in [0.4, 0.5) is 5.88 Å². The van der Waals surface area contributed by atoms with Gasteiger partial charge in [0, 0.05) is 18.8 Å². The Labute approximate surface area is 123 Å². The van der Waals surface area contributed by atoms with Crippen molar-refractivity contribution in [2.45, 2.75) is 20.3 Å². The summed E-state index contributed by atoms with van der Waals surface area (Å²) >= 11 is 0. The molecular weight excluding hydrogens is 264 g/mol. The van der Waals surface area contributed by atoms with Crippen LogP contribution in [0, 0.1) is 6.92 Å². The molecule has 0 aliphatic heterocycles. The second-order valence-corrected chi connectivity index (χ2v) is 5.16. The molecule has 0 saturated carbocycles. The summed E-state index contributed by atoms with van der Waals surface area (Å²) in [7, 11) is 1.90. The Morgan fingerprint density at radius 2 is 2.14 bits per heavy atom. The number of nitrogens with two attached hydrogens (primary N) is 1. The predicted molar refractivity (Wildman–Crippen MR) is 82.7 cm³/mol. The minimum atomic E-state index is 0.335. The maximum absolute atomic E-state index is 6.00. The minimum absolute atomic E-state index is 0.335. The number of anilines is 1. The van der Waals surface area contributed by atoms with Gasteiger partial charge in [0.15, 0.2) is 0 Å². The normalized spacial score (nSPS) is 11.0. The van der Waals surface area contributed by atoms with E-state index < -0.39 is 0 Å². The molecule has 5 nitrogen and oxygen atoms in total. The Kier molecular flexibility index (Phi) is 3.25. The van der Waals surface area contributed by atoms with Gasteiger partial charge in [0.25, 0.3) is 0 Å². The number of aryl methyl sites for hydroxylation is 3. The fraction of sp³-hybridized carbons (Fsp3) is 0.250. The zero-order valence-corrected chi connectivity index (χ0v) is 12.4. The lowest BCUT2D eigenvalue weighted by Gasteiger charge is -2.03. The van der Waals surface area contributed by atoms with Gasteiger partial charge in [0.2, 0.25) is 5.88 Å². The van der Waals surface area contributed by atoms with E-state index in [1.165, 1.54) is 5.56 Å². The highest BCUT2D eigenvalue weighted by Gasteiger charge is 2.21. The number of rotatable bonds is 3. The Bertz CT molecular complexity index is 785. The average Bonchev–Trinajstić information content (AvgIpc) is 3.01. The van der Waals surface area contributed by atoms with Crippen LogP contribution in [0.25, 0.3) is 22.4 Å². The highest BCUT2D eigenvalue weighted by Crippen LogP contribution is 2.37. The summed E-state index contributed by atoms with van der Waals surface area (Å²) in [5.74, 6) is 0.335. The topological polar surface area (TPSA) is 69.9 Å². The predicted octanol–water partition coefficient (Wildman–Crippen LogP) is 3.20. The summed E-state index contributed by atoms with van der Waals surface area (Å²) in [5.41, 5.74) is 11.7. The number of aromatic nitrogens is 3. The molecule has 0 atom stereocenters. The van der Waals surface area contributed by atoms with Gasteiger partial charge in [-0.1, -0.05) is 41.9 Å². The highest BCUT2D eigenvalue weighted by atomic mass is 16.5. The van der Waals surface area contributed by atoms with Gasteiger partial charge in [-0.25, -0.2) is 0 Å². The second-order valence-electron chi connectivity index (χ2n) is 5.16. The molecule has 0 amide bonds. The van der Waals surface area contributed by atoms with E-state index in [9.17, 15) is 0 Å². The van der Waals surface area contributed by atoms with Gasteiger partial charge in [-0.2, -0.15) is 5.10 Å². The maximum Gasteiger partial charge on any atom is 0.230 e. The number of nitrogen functional groups attached to an aromatic ring is 1. The first-order valence-electron chi connectivity index (χ1n) is 6.95. The van der Waals surface area contributed by atoms with E-state index >= 15 is 0 Å². The third-order valence-electron chi connectivity index (χ3n) is 3.52. The SMILES string of the molecule is CCc1nn(C)cc1-c1noc(N)c1-c1cccc(C)c1. The van der Waals surface area contributed by atoms with E-state index in [4.69, 9.17) is 10.3 Å². The van der Waals surface area contributed by atoms with Gasteiger partial charge >= 0.3 is 0 Å². The summed E-state index contributed by atoms with van der Waals surface area (Å²) in [6, 6.07) is 8.15. The first kappa shape index (κ1) is 13.4. The molecule has 2 heterocycles. The van der Waals surface area contributed by atoms with Crippen LogP contribution >= 0.6 is 0 Å². The lowest BCUT2D eigenvalue weighted by molar-refractivity contribution is 0.439. The summed E-state index contributed by atoms with van der Waals surface area (Å²) in [6.07, 6.45) is 2.78. The quantitative estimate of drug-likeness (QED) is 0.801. The first-order valence-corrected chi connectivity index (χ1v) is 6.95. The van der Waals surface area contributed by atoms with Gasteiger partial charge < -0.3 is 10.3 Å². The van der Waals surface area contributed by atoms with Crippen LogP contribution < -0.4 is 5.73 Å². The molecule has 0 fully saturated rings. The lowest BCUT2D eigenvalue weighted by Crippen LogP contribution is -1.90. The molecule has 3 rings (SSSR count). The van der Waals surface area contributed by atoms with E-state index in [0.29, 0.717) is 5.88 Å². The second kappa shape index (κ2) is 5.09. The van der Waals surface area contributed by atoms with Crippen LogP contribution in [-0.4, -0.2) is 14.9 Å². The molecule has 0 radical (unpaired) electrons. The van der Waals surface area contributed by atoms with Crippen LogP contribution in [0.3, 0.4) is 0 Å². The molecule has 2 aromatic heterocycles. The largest absolute Gasteiger partial charge is 0.367 e. The molecule has 1 aromatic carbocycles. The molecule has 0 spiro atoms. The Morgan fingerprint density at radius 3 is 2.86 bits per heavy atom. The van der Waals surface area contributed by atoms with E-state index in [1.54, 1.807) is 4.68 Å². The molecule has 21 heavy (non-hydrogen) atoms. The highest BCUT2D eigenvalue weighted by molar-refractivity contribution is 5.87. The zero-order chi connectivity index (χ0) is 15.0. The van der Waals surface area contributed by atoms with Crippen LogP contribution in [0.15, 0.2) is 35.0 Å². The third-order valence-corrected chi connectivity index (χ3v) is 3.52. The van der Waals surface area contributed by atoms with Gasteiger partial charge in [0.1, 0.15) is 5.69 Å². The fourth-order valence-electron chi connectivity index (χ4n) is 2.56. The van der Waals surface area contributed by atoms with Crippen molar-refractivity contribution in [3.63, 3.8) is 0 Å². The van der Waals surface area contributed by atoms with Gasteiger partial charge in [-0.15, -0.1) is 0 Å². The van der Waals surface area contributed by atoms with Crippen molar-refractivity contribution >= 4 is 5.88 Å². The molecule has 0 unspecified atom stereocenters. The van der Waals surface area contributed by atoms with Crippen molar-refractivity contribution in [1.29, 1.82) is 0 Å². The molecule has 0 saturated heterocycles. The standard InChI is InChI=1S/C16H18N4O/c1-4-13-12(9-20(3)18-13)15-14(16(17)21-19-15)11-7-5-6-10(2)8-11/h5-9H,4,17H2,1-3H3. The number of nitrogens with zero attached hydrogens (tertiary/aromatic N) is 3. The summed E-state index contributed by atoms with van der Waals surface area (Å²) in [6.45, 7) is 4.12. The molecule has 0 aliphatic rings. The Balaban J connectivity index is 2.21. The molecule has 5 heteroatoms. The third kappa shape index (κ3) is 2.31.